The second kappa shape index (κ2) is 7.87. The molecule has 3 rings (SSSR count). The van der Waals surface area contributed by atoms with Crippen molar-refractivity contribution in [1.29, 1.82) is 0 Å². The van der Waals surface area contributed by atoms with Crippen LogP contribution in [-0.4, -0.2) is 25.8 Å². The normalized spacial score (nSPS) is 11.3. The van der Waals surface area contributed by atoms with Gasteiger partial charge >= 0.3 is 0 Å². The van der Waals surface area contributed by atoms with Gasteiger partial charge in [-0.3, -0.25) is 14.9 Å². The zero-order valence-corrected chi connectivity index (χ0v) is 16.3. The second-order valence-electron chi connectivity index (χ2n) is 6.75. The van der Waals surface area contributed by atoms with Crippen LogP contribution in [0.5, 0.6) is 5.75 Å². The molecule has 0 saturated carbocycles. The largest absolute Gasteiger partial charge is 0.506 e. The number of carbonyl (C=O) groups excluding carboxylic acids is 1. The molecule has 27 heavy (non-hydrogen) atoms. The van der Waals surface area contributed by atoms with Crippen molar-refractivity contribution in [3.63, 3.8) is 0 Å². The summed E-state index contributed by atoms with van der Waals surface area (Å²) in [7, 11) is 0. The summed E-state index contributed by atoms with van der Waals surface area (Å²) in [5, 5.41) is 22.8. The van der Waals surface area contributed by atoms with Crippen LogP contribution in [0.3, 0.4) is 0 Å². The van der Waals surface area contributed by atoms with Gasteiger partial charge in [0.05, 0.1) is 5.52 Å². The predicted molar refractivity (Wildman–Crippen MR) is 107 cm³/mol. The fraction of sp³-hybridized carbons (Fsp3) is 0.368. The fourth-order valence-corrected chi connectivity index (χ4v) is 3.88. The number of pyridine rings is 1. The zero-order valence-electron chi connectivity index (χ0n) is 15.5. The Kier molecular flexibility index (Phi) is 5.55. The number of benzene rings is 1. The topological polar surface area (TPSA) is 97.1 Å². The summed E-state index contributed by atoms with van der Waals surface area (Å²) in [4.78, 5) is 25.6. The smallest absolute Gasteiger partial charge is 0.267 e. The number of aromatic hydroxyl groups is 1. The number of anilines is 1. The Balaban J connectivity index is 2.01. The molecule has 0 fully saturated rings. The highest BCUT2D eigenvalue weighted by molar-refractivity contribution is 7.15. The molecule has 142 valence electrons. The summed E-state index contributed by atoms with van der Waals surface area (Å²) in [5.41, 5.74) is -0.186. The summed E-state index contributed by atoms with van der Waals surface area (Å²) in [5.74, 6) is -0.569. The van der Waals surface area contributed by atoms with Crippen molar-refractivity contribution < 1.29 is 9.90 Å². The highest BCUT2D eigenvalue weighted by atomic mass is 32.1. The third-order valence-electron chi connectivity index (χ3n) is 4.09. The molecule has 2 N–H and O–H groups in total. The van der Waals surface area contributed by atoms with Crippen molar-refractivity contribution in [2.75, 3.05) is 5.32 Å². The number of nitrogens with zero attached hydrogens (tertiary/aromatic N) is 3. The molecule has 1 aromatic carbocycles. The van der Waals surface area contributed by atoms with Gasteiger partial charge in [-0.2, -0.15) is 0 Å². The minimum Gasteiger partial charge on any atom is -0.506 e. The van der Waals surface area contributed by atoms with Crippen LogP contribution in [0.2, 0.25) is 0 Å². The van der Waals surface area contributed by atoms with Crippen LogP contribution >= 0.6 is 11.3 Å². The van der Waals surface area contributed by atoms with E-state index in [2.05, 4.69) is 29.4 Å². The van der Waals surface area contributed by atoms with Crippen LogP contribution in [0.15, 0.2) is 29.1 Å². The van der Waals surface area contributed by atoms with Crippen molar-refractivity contribution in [3.05, 3.63) is 45.2 Å². The lowest BCUT2D eigenvalue weighted by molar-refractivity contribution is 0.102. The van der Waals surface area contributed by atoms with E-state index < -0.39 is 11.5 Å². The maximum Gasteiger partial charge on any atom is 0.267 e. The van der Waals surface area contributed by atoms with Crippen LogP contribution in [-0.2, 0) is 13.0 Å². The predicted octanol–water partition coefficient (Wildman–Crippen LogP) is 3.42. The van der Waals surface area contributed by atoms with E-state index in [4.69, 9.17) is 0 Å². The molecule has 0 radical (unpaired) electrons. The maximum absolute atomic E-state index is 12.9. The number of para-hydroxylation sites is 1. The summed E-state index contributed by atoms with van der Waals surface area (Å²) < 4.78 is 1.52. The lowest BCUT2D eigenvalue weighted by Crippen LogP contribution is -2.29. The first-order chi connectivity index (χ1) is 12.9. The van der Waals surface area contributed by atoms with E-state index >= 15 is 0 Å². The molecule has 0 unspecified atom stereocenters. The molecule has 0 aliphatic rings. The molecular weight excluding hydrogens is 364 g/mol. The number of amides is 1. The van der Waals surface area contributed by atoms with E-state index in [9.17, 15) is 14.7 Å². The maximum atomic E-state index is 12.9. The number of aryl methyl sites for hydroxylation is 1. The first-order valence-electron chi connectivity index (χ1n) is 8.90. The highest BCUT2D eigenvalue weighted by Crippen LogP contribution is 2.27. The van der Waals surface area contributed by atoms with Crippen molar-refractivity contribution in [2.45, 2.75) is 40.2 Å². The molecule has 0 atom stereocenters. The van der Waals surface area contributed by atoms with Gasteiger partial charge in [0.25, 0.3) is 11.5 Å². The Labute approximate surface area is 160 Å². The minimum atomic E-state index is -0.680. The Morgan fingerprint density at radius 2 is 2.04 bits per heavy atom. The molecule has 0 aliphatic carbocycles. The summed E-state index contributed by atoms with van der Waals surface area (Å²) in [6.07, 6.45) is 1.49. The van der Waals surface area contributed by atoms with Gasteiger partial charge in [0, 0.05) is 18.4 Å². The number of hydrogen-bond acceptors (Lipinski definition) is 6. The average molecular weight is 386 g/mol. The zero-order chi connectivity index (χ0) is 19.6. The van der Waals surface area contributed by atoms with E-state index in [1.54, 1.807) is 24.3 Å². The van der Waals surface area contributed by atoms with Crippen LogP contribution in [0.4, 0.5) is 5.13 Å². The molecule has 8 heteroatoms. The van der Waals surface area contributed by atoms with Crippen molar-refractivity contribution in [3.8, 4) is 5.75 Å². The average Bonchev–Trinajstić information content (AvgIpc) is 3.04. The van der Waals surface area contributed by atoms with Crippen LogP contribution < -0.4 is 10.9 Å². The van der Waals surface area contributed by atoms with Gasteiger partial charge in [-0.05, 0) is 24.5 Å². The summed E-state index contributed by atoms with van der Waals surface area (Å²) >= 11 is 1.27. The third kappa shape index (κ3) is 3.85. The minimum absolute atomic E-state index is 0.275. The number of aromatic nitrogens is 3. The van der Waals surface area contributed by atoms with Crippen molar-refractivity contribution in [2.24, 2.45) is 5.92 Å². The Morgan fingerprint density at radius 1 is 1.30 bits per heavy atom. The molecule has 0 aliphatic heterocycles. The molecule has 2 aromatic heterocycles. The van der Waals surface area contributed by atoms with Crippen LogP contribution in [0, 0.1) is 5.92 Å². The molecule has 7 nitrogen and oxygen atoms in total. The number of nitrogens with one attached hydrogen (secondary N) is 1. The number of fused-ring (bicyclic) bond motifs is 1. The van der Waals surface area contributed by atoms with E-state index in [1.165, 1.54) is 15.9 Å². The van der Waals surface area contributed by atoms with Gasteiger partial charge < -0.3 is 9.67 Å². The van der Waals surface area contributed by atoms with E-state index in [-0.39, 0.29) is 11.3 Å². The SMILES string of the molecule is CCCn1c(=O)c(C(=O)Nc2nnc(CC(C)C)s2)c(O)c2ccccc21. The van der Waals surface area contributed by atoms with Gasteiger partial charge in [-0.25, -0.2) is 0 Å². The van der Waals surface area contributed by atoms with E-state index in [0.29, 0.717) is 28.5 Å². The highest BCUT2D eigenvalue weighted by Gasteiger charge is 2.23. The van der Waals surface area contributed by atoms with Gasteiger partial charge in [0.15, 0.2) is 0 Å². The second-order valence-corrected chi connectivity index (χ2v) is 7.81. The van der Waals surface area contributed by atoms with Gasteiger partial charge in [0.1, 0.15) is 16.3 Å². The van der Waals surface area contributed by atoms with Gasteiger partial charge in [0.2, 0.25) is 5.13 Å². The molecule has 0 bridgehead atoms. The molecular formula is C19H22N4O3S. The van der Waals surface area contributed by atoms with Crippen LogP contribution in [0.25, 0.3) is 10.9 Å². The third-order valence-corrected chi connectivity index (χ3v) is 4.95. The van der Waals surface area contributed by atoms with E-state index in [1.807, 2.05) is 6.92 Å². The lowest BCUT2D eigenvalue weighted by atomic mass is 10.1. The molecule has 2 heterocycles. The van der Waals surface area contributed by atoms with Gasteiger partial charge in [-0.15, -0.1) is 10.2 Å². The van der Waals surface area contributed by atoms with Crippen molar-refractivity contribution in [1.82, 2.24) is 14.8 Å². The quantitative estimate of drug-likeness (QED) is 0.676. The number of hydrogen-bond donors (Lipinski definition) is 2. The first-order valence-corrected chi connectivity index (χ1v) is 9.72. The Hall–Kier alpha value is -2.74. The fourth-order valence-electron chi connectivity index (χ4n) is 2.94. The number of rotatable bonds is 6. The Bertz CT molecular complexity index is 1040. The van der Waals surface area contributed by atoms with Crippen LogP contribution in [0.1, 0.15) is 42.6 Å². The lowest BCUT2D eigenvalue weighted by Gasteiger charge is -2.13. The van der Waals surface area contributed by atoms with Crippen molar-refractivity contribution >= 4 is 33.3 Å². The molecule has 0 spiro atoms. The Morgan fingerprint density at radius 3 is 2.74 bits per heavy atom. The summed E-state index contributed by atoms with van der Waals surface area (Å²) in [6, 6.07) is 7.01. The first kappa shape index (κ1) is 19.0. The monoisotopic (exact) mass is 386 g/mol. The standard InChI is InChI=1S/C19H22N4O3S/c1-4-9-23-13-8-6-5-7-12(13)16(24)15(18(23)26)17(25)20-19-22-21-14(27-19)10-11(2)3/h5-8,11,24H,4,9-10H2,1-3H3,(H,20,22,25). The van der Waals surface area contributed by atoms with Gasteiger partial charge in [-0.1, -0.05) is 44.2 Å². The molecule has 1 amide bonds. The molecule has 3 aromatic rings. The van der Waals surface area contributed by atoms with E-state index in [0.717, 1.165) is 17.8 Å². The summed E-state index contributed by atoms with van der Waals surface area (Å²) in [6.45, 7) is 6.55. The number of carbonyl (C=O) groups is 1. The molecule has 0 saturated heterocycles.